The summed E-state index contributed by atoms with van der Waals surface area (Å²) in [6.07, 6.45) is 2.59. The van der Waals surface area contributed by atoms with E-state index in [0.717, 1.165) is 5.56 Å². The Bertz CT molecular complexity index is 638. The maximum absolute atomic E-state index is 11.8. The van der Waals surface area contributed by atoms with Gasteiger partial charge in [0.15, 0.2) is 0 Å². The lowest BCUT2D eigenvalue weighted by Gasteiger charge is -2.05. The number of aromatic hydroxyl groups is 1. The number of carboxylic acids is 1. The molecule has 20 heavy (non-hydrogen) atoms. The third-order valence-corrected chi connectivity index (χ3v) is 2.64. The summed E-state index contributed by atoms with van der Waals surface area (Å²) in [5.74, 6) is -1.44. The lowest BCUT2D eigenvalue weighted by atomic mass is 10.1. The van der Waals surface area contributed by atoms with Gasteiger partial charge in [0.05, 0.1) is 17.3 Å². The van der Waals surface area contributed by atoms with Gasteiger partial charge >= 0.3 is 5.97 Å². The van der Waals surface area contributed by atoms with Crippen LogP contribution in [0.3, 0.4) is 0 Å². The number of nitrogens with one attached hydrogen (secondary N) is 1. The number of rotatable bonds is 4. The van der Waals surface area contributed by atoms with E-state index in [4.69, 9.17) is 5.11 Å². The Balaban J connectivity index is 1.98. The van der Waals surface area contributed by atoms with Gasteiger partial charge in [-0.25, -0.2) is 4.79 Å². The molecule has 0 saturated carbocycles. The molecule has 0 saturated heterocycles. The molecule has 0 spiro atoms. The van der Waals surface area contributed by atoms with E-state index in [9.17, 15) is 14.7 Å². The van der Waals surface area contributed by atoms with Crippen LogP contribution >= 0.6 is 0 Å². The molecule has 0 unspecified atom stereocenters. The average molecular weight is 272 g/mol. The van der Waals surface area contributed by atoms with Crippen molar-refractivity contribution in [1.82, 2.24) is 10.3 Å². The van der Waals surface area contributed by atoms with Crippen LogP contribution in [0.4, 0.5) is 0 Å². The maximum atomic E-state index is 11.8. The monoisotopic (exact) mass is 272 g/mol. The molecule has 1 heterocycles. The Labute approximate surface area is 114 Å². The standard InChI is InChI=1S/C14H12N2O4/c17-12-5-11(7-15-8-12)13(18)16-6-9-1-3-10(4-2-9)14(19)20/h1-5,7-8,17H,6H2,(H,16,18)(H,19,20). The summed E-state index contributed by atoms with van der Waals surface area (Å²) in [5.41, 5.74) is 1.22. The zero-order valence-corrected chi connectivity index (χ0v) is 10.4. The van der Waals surface area contributed by atoms with Crippen molar-refractivity contribution in [3.63, 3.8) is 0 Å². The quantitative estimate of drug-likeness (QED) is 0.781. The van der Waals surface area contributed by atoms with E-state index in [2.05, 4.69) is 10.3 Å². The summed E-state index contributed by atoms with van der Waals surface area (Å²) in [6.45, 7) is 0.258. The smallest absolute Gasteiger partial charge is 0.335 e. The van der Waals surface area contributed by atoms with Crippen LogP contribution in [0.25, 0.3) is 0 Å². The second-order valence-electron chi connectivity index (χ2n) is 4.12. The summed E-state index contributed by atoms with van der Waals surface area (Å²) >= 11 is 0. The maximum Gasteiger partial charge on any atom is 0.335 e. The van der Waals surface area contributed by atoms with Crippen LogP contribution < -0.4 is 5.32 Å². The molecule has 0 aliphatic heterocycles. The molecule has 0 radical (unpaired) electrons. The van der Waals surface area contributed by atoms with Gasteiger partial charge in [0, 0.05) is 12.7 Å². The van der Waals surface area contributed by atoms with Crippen LogP contribution in [0.1, 0.15) is 26.3 Å². The number of carbonyl (C=O) groups excluding carboxylic acids is 1. The van der Waals surface area contributed by atoms with Gasteiger partial charge < -0.3 is 15.5 Å². The predicted molar refractivity (Wildman–Crippen MR) is 70.5 cm³/mol. The molecule has 2 rings (SSSR count). The molecule has 6 nitrogen and oxygen atoms in total. The van der Waals surface area contributed by atoms with Gasteiger partial charge in [-0.15, -0.1) is 0 Å². The zero-order chi connectivity index (χ0) is 14.5. The zero-order valence-electron chi connectivity index (χ0n) is 10.4. The highest BCUT2D eigenvalue weighted by atomic mass is 16.4. The summed E-state index contributed by atoms with van der Waals surface area (Å²) in [4.78, 5) is 26.2. The summed E-state index contributed by atoms with van der Waals surface area (Å²) in [5, 5.41) is 20.7. The molecule has 1 aromatic heterocycles. The number of aromatic carboxylic acids is 1. The first-order valence-electron chi connectivity index (χ1n) is 5.81. The molecule has 0 aliphatic rings. The van der Waals surface area contributed by atoms with Gasteiger partial charge in [0.1, 0.15) is 5.75 Å². The number of pyridine rings is 1. The largest absolute Gasteiger partial charge is 0.506 e. The molecular formula is C14H12N2O4. The Morgan fingerprint density at radius 3 is 2.40 bits per heavy atom. The van der Waals surface area contributed by atoms with Gasteiger partial charge in [-0.1, -0.05) is 12.1 Å². The van der Waals surface area contributed by atoms with Crippen molar-refractivity contribution in [2.24, 2.45) is 0 Å². The van der Waals surface area contributed by atoms with Crippen LogP contribution in [0, 0.1) is 0 Å². The van der Waals surface area contributed by atoms with Crippen molar-refractivity contribution < 1.29 is 19.8 Å². The van der Waals surface area contributed by atoms with E-state index in [1.807, 2.05) is 0 Å². The van der Waals surface area contributed by atoms with E-state index in [-0.39, 0.29) is 29.3 Å². The van der Waals surface area contributed by atoms with Crippen LogP contribution in [0.5, 0.6) is 5.75 Å². The van der Waals surface area contributed by atoms with Crippen molar-refractivity contribution in [3.05, 3.63) is 59.4 Å². The molecule has 0 aliphatic carbocycles. The Morgan fingerprint density at radius 1 is 1.10 bits per heavy atom. The Kier molecular flexibility index (Phi) is 3.95. The highest BCUT2D eigenvalue weighted by Gasteiger charge is 2.07. The number of carbonyl (C=O) groups is 2. The summed E-state index contributed by atoms with van der Waals surface area (Å²) in [6, 6.07) is 7.52. The molecule has 0 atom stereocenters. The van der Waals surface area contributed by atoms with Crippen molar-refractivity contribution in [1.29, 1.82) is 0 Å². The third kappa shape index (κ3) is 3.32. The van der Waals surface area contributed by atoms with Crippen LogP contribution in [0.2, 0.25) is 0 Å². The number of benzene rings is 1. The van der Waals surface area contributed by atoms with E-state index >= 15 is 0 Å². The number of amides is 1. The molecule has 6 heteroatoms. The number of nitrogens with zero attached hydrogens (tertiary/aromatic N) is 1. The fourth-order valence-electron chi connectivity index (χ4n) is 1.60. The molecular weight excluding hydrogens is 260 g/mol. The number of carboxylic acid groups (broad SMARTS) is 1. The molecule has 1 aromatic carbocycles. The minimum Gasteiger partial charge on any atom is -0.506 e. The Morgan fingerprint density at radius 2 is 1.80 bits per heavy atom. The second-order valence-corrected chi connectivity index (χ2v) is 4.12. The van der Waals surface area contributed by atoms with Gasteiger partial charge in [0.25, 0.3) is 5.91 Å². The number of hydrogen-bond donors (Lipinski definition) is 3. The topological polar surface area (TPSA) is 99.5 Å². The summed E-state index contributed by atoms with van der Waals surface area (Å²) < 4.78 is 0. The van der Waals surface area contributed by atoms with Crippen LogP contribution in [-0.2, 0) is 6.54 Å². The van der Waals surface area contributed by atoms with Crippen molar-refractivity contribution in [2.45, 2.75) is 6.54 Å². The van der Waals surface area contributed by atoms with Crippen molar-refractivity contribution in [2.75, 3.05) is 0 Å². The first-order valence-corrected chi connectivity index (χ1v) is 5.81. The SMILES string of the molecule is O=C(O)c1ccc(CNC(=O)c2cncc(O)c2)cc1. The van der Waals surface area contributed by atoms with E-state index in [1.165, 1.54) is 30.6 Å². The van der Waals surface area contributed by atoms with Gasteiger partial charge in [0.2, 0.25) is 0 Å². The van der Waals surface area contributed by atoms with E-state index < -0.39 is 5.97 Å². The number of hydrogen-bond acceptors (Lipinski definition) is 4. The average Bonchev–Trinajstić information content (AvgIpc) is 2.45. The van der Waals surface area contributed by atoms with Crippen LogP contribution in [-0.4, -0.2) is 27.1 Å². The highest BCUT2D eigenvalue weighted by molar-refractivity contribution is 5.94. The first-order chi connectivity index (χ1) is 9.56. The van der Waals surface area contributed by atoms with Gasteiger partial charge in [-0.3, -0.25) is 9.78 Å². The predicted octanol–water partition coefficient (Wildman–Crippen LogP) is 1.42. The fraction of sp³-hybridized carbons (Fsp3) is 0.0714. The van der Waals surface area contributed by atoms with Gasteiger partial charge in [-0.2, -0.15) is 0 Å². The lowest BCUT2D eigenvalue weighted by Crippen LogP contribution is -2.22. The lowest BCUT2D eigenvalue weighted by molar-refractivity contribution is 0.0696. The fourth-order valence-corrected chi connectivity index (χ4v) is 1.60. The minimum absolute atomic E-state index is 0.0801. The first kappa shape index (κ1) is 13.5. The van der Waals surface area contributed by atoms with E-state index in [1.54, 1.807) is 12.1 Å². The molecule has 102 valence electrons. The minimum atomic E-state index is -0.994. The van der Waals surface area contributed by atoms with Crippen LogP contribution in [0.15, 0.2) is 42.7 Å². The van der Waals surface area contributed by atoms with Crippen molar-refractivity contribution in [3.8, 4) is 5.75 Å². The molecule has 0 fully saturated rings. The second kappa shape index (κ2) is 5.83. The van der Waals surface area contributed by atoms with Gasteiger partial charge in [-0.05, 0) is 23.8 Å². The highest BCUT2D eigenvalue weighted by Crippen LogP contribution is 2.09. The normalized spacial score (nSPS) is 10.0. The molecule has 2 aromatic rings. The van der Waals surface area contributed by atoms with E-state index in [0.29, 0.717) is 0 Å². The third-order valence-electron chi connectivity index (χ3n) is 2.64. The van der Waals surface area contributed by atoms with Crippen molar-refractivity contribution >= 4 is 11.9 Å². The molecule has 0 bridgehead atoms. The Hall–Kier alpha value is -2.89. The number of aromatic nitrogens is 1. The summed E-state index contributed by atoms with van der Waals surface area (Å²) in [7, 11) is 0. The molecule has 1 amide bonds. The molecule has 3 N–H and O–H groups in total.